The Bertz CT molecular complexity index is 1240. The Hall–Kier alpha value is -3.23. The Morgan fingerprint density at radius 1 is 0.857 bits per heavy atom. The second-order valence-corrected chi connectivity index (χ2v) is 8.04. The van der Waals surface area contributed by atoms with E-state index in [0.717, 1.165) is 21.8 Å². The minimum absolute atomic E-state index is 0.108. The standard InChI is InChI=1S/C20H17N3O4S/c24-23(25)19-11-5-6-12-20(19)28(26,27)21-13-14-22-17-9-3-1-7-15(17)16-8-2-4-10-18(16)22/h1-12,21H,13-14H2. The highest BCUT2D eigenvalue weighted by molar-refractivity contribution is 7.89. The highest BCUT2D eigenvalue weighted by atomic mass is 32.2. The summed E-state index contributed by atoms with van der Waals surface area (Å²) in [4.78, 5) is 10.1. The first-order valence-corrected chi connectivity index (χ1v) is 10.2. The lowest BCUT2D eigenvalue weighted by Gasteiger charge is -2.10. The molecular formula is C20H17N3O4S. The number of rotatable bonds is 6. The third-order valence-electron chi connectivity index (χ3n) is 4.66. The van der Waals surface area contributed by atoms with Crippen molar-refractivity contribution < 1.29 is 13.3 Å². The van der Waals surface area contributed by atoms with E-state index in [1.165, 1.54) is 24.3 Å². The summed E-state index contributed by atoms with van der Waals surface area (Å²) in [6, 6.07) is 21.2. The van der Waals surface area contributed by atoms with Gasteiger partial charge in [0, 0.05) is 41.0 Å². The molecule has 0 amide bonds. The number of nitro groups is 1. The van der Waals surface area contributed by atoms with Crippen LogP contribution in [0.5, 0.6) is 0 Å². The fourth-order valence-electron chi connectivity index (χ4n) is 3.45. The van der Waals surface area contributed by atoms with E-state index >= 15 is 0 Å². The van der Waals surface area contributed by atoms with Crippen LogP contribution in [0.25, 0.3) is 21.8 Å². The minimum Gasteiger partial charge on any atom is -0.339 e. The van der Waals surface area contributed by atoms with Crippen LogP contribution in [-0.2, 0) is 16.6 Å². The lowest BCUT2D eigenvalue weighted by atomic mass is 10.2. The average molecular weight is 395 g/mol. The lowest BCUT2D eigenvalue weighted by molar-refractivity contribution is -0.387. The number of hydrogen-bond acceptors (Lipinski definition) is 4. The Morgan fingerprint density at radius 3 is 2.00 bits per heavy atom. The number of nitro benzene ring substituents is 1. The number of benzene rings is 3. The number of hydrogen-bond donors (Lipinski definition) is 1. The molecule has 1 aromatic heterocycles. The normalized spacial score (nSPS) is 11.9. The van der Waals surface area contributed by atoms with E-state index in [2.05, 4.69) is 4.72 Å². The second-order valence-electron chi connectivity index (χ2n) is 6.31. The fourth-order valence-corrected chi connectivity index (χ4v) is 4.64. The topological polar surface area (TPSA) is 94.2 Å². The molecule has 0 aliphatic rings. The van der Waals surface area contributed by atoms with Crippen molar-refractivity contribution in [2.75, 3.05) is 6.54 Å². The largest absolute Gasteiger partial charge is 0.339 e. The van der Waals surface area contributed by atoms with Gasteiger partial charge in [-0.2, -0.15) is 0 Å². The molecule has 1 heterocycles. The van der Waals surface area contributed by atoms with E-state index in [4.69, 9.17) is 0 Å². The predicted octanol–water partition coefficient (Wildman–Crippen LogP) is 3.68. The van der Waals surface area contributed by atoms with Gasteiger partial charge < -0.3 is 4.57 Å². The summed E-state index contributed by atoms with van der Waals surface area (Å²) in [7, 11) is -4.00. The predicted molar refractivity (Wildman–Crippen MR) is 108 cm³/mol. The molecule has 7 nitrogen and oxygen atoms in total. The van der Waals surface area contributed by atoms with Crippen LogP contribution in [0, 0.1) is 10.1 Å². The Balaban J connectivity index is 1.63. The van der Waals surface area contributed by atoms with Crippen LogP contribution in [0.3, 0.4) is 0 Å². The molecule has 4 aromatic rings. The Kier molecular flexibility index (Phi) is 4.58. The zero-order valence-corrected chi connectivity index (χ0v) is 15.6. The van der Waals surface area contributed by atoms with Crippen molar-refractivity contribution in [3.8, 4) is 0 Å². The van der Waals surface area contributed by atoms with Crippen molar-refractivity contribution >= 4 is 37.5 Å². The van der Waals surface area contributed by atoms with Crippen LogP contribution in [0.15, 0.2) is 77.7 Å². The number of aromatic nitrogens is 1. The summed E-state index contributed by atoms with van der Waals surface area (Å²) < 4.78 is 29.7. The quantitative estimate of drug-likeness (QED) is 0.398. The molecule has 4 rings (SSSR count). The van der Waals surface area contributed by atoms with E-state index in [-0.39, 0.29) is 11.4 Å². The molecule has 0 unspecified atom stereocenters. The molecule has 0 radical (unpaired) electrons. The van der Waals surface area contributed by atoms with Crippen LogP contribution >= 0.6 is 0 Å². The monoisotopic (exact) mass is 395 g/mol. The average Bonchev–Trinajstić information content (AvgIpc) is 3.02. The summed E-state index contributed by atoms with van der Waals surface area (Å²) in [5.74, 6) is 0. The molecule has 0 spiro atoms. The summed E-state index contributed by atoms with van der Waals surface area (Å²) >= 11 is 0. The maximum Gasteiger partial charge on any atom is 0.289 e. The van der Waals surface area contributed by atoms with Crippen LogP contribution < -0.4 is 4.72 Å². The molecule has 28 heavy (non-hydrogen) atoms. The number of nitrogens with one attached hydrogen (secondary N) is 1. The van der Waals surface area contributed by atoms with E-state index in [9.17, 15) is 18.5 Å². The first kappa shape index (κ1) is 18.1. The molecule has 0 bridgehead atoms. The molecule has 8 heteroatoms. The summed E-state index contributed by atoms with van der Waals surface area (Å²) in [6.45, 7) is 0.505. The van der Waals surface area contributed by atoms with Gasteiger partial charge in [0.2, 0.25) is 10.0 Å². The van der Waals surface area contributed by atoms with Crippen molar-refractivity contribution in [1.82, 2.24) is 9.29 Å². The van der Waals surface area contributed by atoms with E-state index < -0.39 is 20.6 Å². The van der Waals surface area contributed by atoms with Crippen molar-refractivity contribution in [3.63, 3.8) is 0 Å². The van der Waals surface area contributed by atoms with Gasteiger partial charge in [-0.1, -0.05) is 48.5 Å². The highest BCUT2D eigenvalue weighted by Gasteiger charge is 2.24. The van der Waals surface area contributed by atoms with Gasteiger partial charge in [-0.15, -0.1) is 0 Å². The molecule has 0 fully saturated rings. The first-order chi connectivity index (χ1) is 13.5. The van der Waals surface area contributed by atoms with Crippen LogP contribution in [0.2, 0.25) is 0 Å². The number of fused-ring (bicyclic) bond motifs is 3. The van der Waals surface area contributed by atoms with Crippen molar-refractivity contribution in [3.05, 3.63) is 82.9 Å². The molecule has 0 atom stereocenters. The molecule has 3 aromatic carbocycles. The smallest absolute Gasteiger partial charge is 0.289 e. The third kappa shape index (κ3) is 3.12. The van der Waals surface area contributed by atoms with Gasteiger partial charge >= 0.3 is 0 Å². The SMILES string of the molecule is O=[N+]([O-])c1ccccc1S(=O)(=O)NCCn1c2ccccc2c2ccccc21. The van der Waals surface area contributed by atoms with Crippen molar-refractivity contribution in [2.24, 2.45) is 0 Å². The summed E-state index contributed by atoms with van der Waals surface area (Å²) in [6.07, 6.45) is 0. The molecule has 0 saturated carbocycles. The van der Waals surface area contributed by atoms with Crippen LogP contribution in [0.4, 0.5) is 5.69 Å². The molecule has 0 aliphatic carbocycles. The molecule has 0 aliphatic heterocycles. The van der Waals surface area contributed by atoms with Crippen molar-refractivity contribution in [2.45, 2.75) is 11.4 Å². The zero-order valence-electron chi connectivity index (χ0n) is 14.8. The summed E-state index contributed by atoms with van der Waals surface area (Å²) in [5, 5.41) is 13.3. The van der Waals surface area contributed by atoms with Gasteiger partial charge in [0.1, 0.15) is 0 Å². The van der Waals surface area contributed by atoms with E-state index in [1.54, 1.807) is 0 Å². The zero-order chi connectivity index (χ0) is 19.7. The van der Waals surface area contributed by atoms with Gasteiger partial charge in [0.05, 0.1) is 4.92 Å². The Labute approximate surface area is 161 Å². The second kappa shape index (κ2) is 7.06. The third-order valence-corrected chi connectivity index (χ3v) is 6.17. The van der Waals surface area contributed by atoms with E-state index in [0.29, 0.717) is 6.54 Å². The van der Waals surface area contributed by atoms with Gasteiger partial charge in [-0.25, -0.2) is 13.1 Å². The lowest BCUT2D eigenvalue weighted by Crippen LogP contribution is -2.28. The van der Waals surface area contributed by atoms with Gasteiger partial charge in [0.25, 0.3) is 5.69 Å². The van der Waals surface area contributed by atoms with E-state index in [1.807, 2.05) is 53.1 Å². The molecule has 142 valence electrons. The van der Waals surface area contributed by atoms with Crippen molar-refractivity contribution in [1.29, 1.82) is 0 Å². The number of nitrogens with zero attached hydrogens (tertiary/aromatic N) is 2. The summed E-state index contributed by atoms with van der Waals surface area (Å²) in [5.41, 5.74) is 1.58. The Morgan fingerprint density at radius 2 is 1.39 bits per heavy atom. The number of para-hydroxylation sites is 3. The number of sulfonamides is 1. The van der Waals surface area contributed by atoms with Crippen LogP contribution in [-0.4, -0.2) is 24.5 Å². The van der Waals surface area contributed by atoms with Gasteiger partial charge in [-0.05, 0) is 18.2 Å². The first-order valence-electron chi connectivity index (χ1n) is 8.68. The van der Waals surface area contributed by atoms with Gasteiger partial charge in [0.15, 0.2) is 4.90 Å². The fraction of sp³-hybridized carbons (Fsp3) is 0.100. The van der Waals surface area contributed by atoms with Gasteiger partial charge in [-0.3, -0.25) is 10.1 Å². The van der Waals surface area contributed by atoms with Crippen LogP contribution in [0.1, 0.15) is 0 Å². The minimum atomic E-state index is -4.00. The highest BCUT2D eigenvalue weighted by Crippen LogP contribution is 2.28. The molecule has 1 N–H and O–H groups in total. The maximum absolute atomic E-state index is 12.6. The molecular weight excluding hydrogens is 378 g/mol. The maximum atomic E-state index is 12.6. The molecule has 0 saturated heterocycles.